The van der Waals surface area contributed by atoms with Crippen LogP contribution >= 0.6 is 0 Å². The molecule has 2 unspecified atom stereocenters. The van der Waals surface area contributed by atoms with Crippen molar-refractivity contribution >= 4 is 0 Å². The second-order valence-corrected chi connectivity index (χ2v) is 4.37. The van der Waals surface area contributed by atoms with Crippen LogP contribution in [0.3, 0.4) is 0 Å². The maximum absolute atomic E-state index is 5.56. The monoisotopic (exact) mass is 210 g/mol. The summed E-state index contributed by atoms with van der Waals surface area (Å²) < 4.78 is 0. The molecule has 0 aromatic carbocycles. The summed E-state index contributed by atoms with van der Waals surface area (Å²) in [5.41, 5.74) is 2.86. The van der Waals surface area contributed by atoms with Crippen LogP contribution in [0.1, 0.15) is 25.6 Å². The van der Waals surface area contributed by atoms with E-state index in [2.05, 4.69) is 27.8 Å². The smallest absolute Gasteiger partial charge is 0.176 e. The summed E-state index contributed by atoms with van der Waals surface area (Å²) in [6.45, 7) is 2.23. The lowest BCUT2D eigenvalue weighted by molar-refractivity contribution is 0.339. The van der Waals surface area contributed by atoms with E-state index in [1.807, 2.05) is 0 Å². The molecule has 6 nitrogen and oxygen atoms in total. The van der Waals surface area contributed by atoms with Gasteiger partial charge >= 0.3 is 0 Å². The molecule has 0 radical (unpaired) electrons. The predicted molar refractivity (Wildman–Crippen MR) is 55.5 cm³/mol. The van der Waals surface area contributed by atoms with E-state index in [9.17, 15) is 0 Å². The molecule has 1 aromatic heterocycles. The topological polar surface area (TPSA) is 81.7 Å². The average molecular weight is 210 g/mol. The molecule has 0 saturated heterocycles. The third-order valence-electron chi connectivity index (χ3n) is 3.17. The van der Waals surface area contributed by atoms with Crippen LogP contribution in [0, 0.1) is 11.8 Å². The predicted octanol–water partition coefficient (Wildman–Crippen LogP) is -0.369. The van der Waals surface area contributed by atoms with Crippen molar-refractivity contribution in [1.29, 1.82) is 0 Å². The molecule has 1 heterocycles. The molecule has 1 aliphatic rings. The van der Waals surface area contributed by atoms with E-state index in [0.29, 0.717) is 5.92 Å². The van der Waals surface area contributed by atoms with E-state index in [-0.39, 0.29) is 6.04 Å². The summed E-state index contributed by atoms with van der Waals surface area (Å²) in [7, 11) is 1.77. The lowest BCUT2D eigenvalue weighted by atomic mass is 9.94. The number of nitrogens with two attached hydrogens (primary N) is 1. The number of nitrogens with one attached hydrogen (secondary N) is 1. The van der Waals surface area contributed by atoms with Crippen LogP contribution in [-0.4, -0.2) is 26.2 Å². The number of aryl methyl sites for hydroxylation is 1. The maximum Gasteiger partial charge on any atom is 0.176 e. The maximum atomic E-state index is 5.56. The number of hydrazine groups is 1. The van der Waals surface area contributed by atoms with Gasteiger partial charge in [-0.05, 0) is 29.9 Å². The second-order valence-electron chi connectivity index (χ2n) is 4.37. The molecular formula is C9H18N6. The molecule has 2 atom stereocenters. The normalized spacial score (nSPS) is 20.2. The van der Waals surface area contributed by atoms with Crippen LogP contribution in [-0.2, 0) is 13.5 Å². The zero-order valence-electron chi connectivity index (χ0n) is 9.22. The number of hydrogen-bond acceptors (Lipinski definition) is 5. The molecule has 2 rings (SSSR count). The average Bonchev–Trinajstić information content (AvgIpc) is 2.99. The Balaban J connectivity index is 1.95. The highest BCUT2D eigenvalue weighted by Gasteiger charge is 2.33. The van der Waals surface area contributed by atoms with Crippen molar-refractivity contribution < 1.29 is 0 Å². The molecule has 0 amide bonds. The van der Waals surface area contributed by atoms with Gasteiger partial charge in [0.05, 0.1) is 7.05 Å². The lowest BCUT2D eigenvalue weighted by Crippen LogP contribution is -2.42. The van der Waals surface area contributed by atoms with Gasteiger partial charge in [-0.15, -0.1) is 10.2 Å². The van der Waals surface area contributed by atoms with Crippen molar-refractivity contribution in [3.63, 3.8) is 0 Å². The minimum atomic E-state index is 0.252. The third-order valence-corrected chi connectivity index (χ3v) is 3.17. The first-order valence-corrected chi connectivity index (χ1v) is 5.39. The molecule has 3 N–H and O–H groups in total. The number of tetrazole rings is 1. The van der Waals surface area contributed by atoms with Crippen molar-refractivity contribution in [2.24, 2.45) is 24.7 Å². The Morgan fingerprint density at radius 3 is 2.80 bits per heavy atom. The quantitative estimate of drug-likeness (QED) is 0.512. The van der Waals surface area contributed by atoms with Crippen LogP contribution < -0.4 is 11.3 Å². The third kappa shape index (κ3) is 2.51. The largest absolute Gasteiger partial charge is 0.271 e. The summed E-state index contributed by atoms with van der Waals surface area (Å²) in [4.78, 5) is 1.48. The van der Waals surface area contributed by atoms with Gasteiger partial charge in [0.2, 0.25) is 0 Å². The van der Waals surface area contributed by atoms with Crippen LogP contribution in [0.25, 0.3) is 0 Å². The molecule has 1 fully saturated rings. The van der Waals surface area contributed by atoms with E-state index < -0.39 is 0 Å². The van der Waals surface area contributed by atoms with Gasteiger partial charge in [0.15, 0.2) is 5.82 Å². The van der Waals surface area contributed by atoms with Gasteiger partial charge in [-0.2, -0.15) is 4.80 Å². The zero-order chi connectivity index (χ0) is 10.8. The Bertz CT molecular complexity index is 318. The molecule has 1 aliphatic carbocycles. The number of nitrogens with zero attached hydrogens (tertiary/aromatic N) is 4. The van der Waals surface area contributed by atoms with Crippen molar-refractivity contribution in [2.75, 3.05) is 0 Å². The molecule has 84 valence electrons. The fourth-order valence-corrected chi connectivity index (χ4v) is 1.95. The van der Waals surface area contributed by atoms with Crippen LogP contribution in [0.4, 0.5) is 0 Å². The number of aromatic nitrogens is 4. The molecule has 0 aliphatic heterocycles. The van der Waals surface area contributed by atoms with Gasteiger partial charge in [-0.25, -0.2) is 0 Å². The van der Waals surface area contributed by atoms with E-state index in [0.717, 1.165) is 18.2 Å². The first-order chi connectivity index (χ1) is 7.20. The minimum absolute atomic E-state index is 0.252. The Morgan fingerprint density at radius 1 is 1.60 bits per heavy atom. The summed E-state index contributed by atoms with van der Waals surface area (Å²) in [5, 5.41) is 11.9. The Labute approximate surface area is 89.2 Å². The molecule has 0 spiro atoms. The van der Waals surface area contributed by atoms with E-state index >= 15 is 0 Å². The van der Waals surface area contributed by atoms with Gasteiger partial charge < -0.3 is 0 Å². The highest BCUT2D eigenvalue weighted by Crippen LogP contribution is 2.38. The van der Waals surface area contributed by atoms with Crippen LogP contribution in [0.15, 0.2) is 0 Å². The Morgan fingerprint density at radius 2 is 2.33 bits per heavy atom. The first-order valence-electron chi connectivity index (χ1n) is 5.39. The SMILES string of the molecule is CC(C1CC1)C(Cc1nnn(C)n1)NN. The Hall–Kier alpha value is -1.01. The Kier molecular flexibility index (Phi) is 2.97. The molecule has 6 heteroatoms. The van der Waals surface area contributed by atoms with Crippen molar-refractivity contribution in [3.05, 3.63) is 5.82 Å². The highest BCUT2D eigenvalue weighted by atomic mass is 15.6. The summed E-state index contributed by atoms with van der Waals surface area (Å²) >= 11 is 0. The standard InChI is InChI=1S/C9H18N6/c1-6(7-3-4-7)8(11-10)5-9-12-14-15(2)13-9/h6-8,11H,3-5,10H2,1-2H3. The first kappa shape index (κ1) is 10.5. The van der Waals surface area contributed by atoms with Gasteiger partial charge in [-0.3, -0.25) is 11.3 Å². The lowest BCUT2D eigenvalue weighted by Gasteiger charge is -2.21. The van der Waals surface area contributed by atoms with Gasteiger partial charge in [-0.1, -0.05) is 6.92 Å². The van der Waals surface area contributed by atoms with Gasteiger partial charge in [0.25, 0.3) is 0 Å². The second kappa shape index (κ2) is 4.24. The van der Waals surface area contributed by atoms with E-state index in [4.69, 9.17) is 5.84 Å². The molecule has 15 heavy (non-hydrogen) atoms. The van der Waals surface area contributed by atoms with Gasteiger partial charge in [0.1, 0.15) is 0 Å². The van der Waals surface area contributed by atoms with E-state index in [1.165, 1.54) is 17.6 Å². The molecule has 0 bridgehead atoms. The minimum Gasteiger partial charge on any atom is -0.271 e. The van der Waals surface area contributed by atoms with Crippen molar-refractivity contribution in [3.8, 4) is 0 Å². The molecule has 1 aromatic rings. The van der Waals surface area contributed by atoms with Gasteiger partial charge in [0, 0.05) is 12.5 Å². The fraction of sp³-hybridized carbons (Fsp3) is 0.889. The van der Waals surface area contributed by atoms with Crippen molar-refractivity contribution in [1.82, 2.24) is 25.6 Å². The number of rotatable bonds is 5. The zero-order valence-corrected chi connectivity index (χ0v) is 9.22. The van der Waals surface area contributed by atoms with Crippen LogP contribution in [0.2, 0.25) is 0 Å². The number of hydrogen-bond donors (Lipinski definition) is 2. The summed E-state index contributed by atoms with van der Waals surface area (Å²) in [6, 6.07) is 0.252. The van der Waals surface area contributed by atoms with Crippen LogP contribution in [0.5, 0.6) is 0 Å². The fourth-order valence-electron chi connectivity index (χ4n) is 1.95. The summed E-state index contributed by atoms with van der Waals surface area (Å²) in [6.07, 6.45) is 3.41. The van der Waals surface area contributed by atoms with Crippen molar-refractivity contribution in [2.45, 2.75) is 32.2 Å². The summed E-state index contributed by atoms with van der Waals surface area (Å²) in [5.74, 6) is 7.72. The van der Waals surface area contributed by atoms with E-state index in [1.54, 1.807) is 7.05 Å². The highest BCUT2D eigenvalue weighted by molar-refractivity contribution is 4.91. The molecular weight excluding hydrogens is 192 g/mol. The molecule has 1 saturated carbocycles.